The first-order chi connectivity index (χ1) is 5.36. The van der Waals surface area contributed by atoms with Crippen LogP contribution in [0.25, 0.3) is 0 Å². The van der Waals surface area contributed by atoms with Crippen molar-refractivity contribution < 1.29 is 0 Å². The molecule has 0 aromatic carbocycles. The Balaban J connectivity index is 2.89. The van der Waals surface area contributed by atoms with Gasteiger partial charge in [0.15, 0.2) is 0 Å². The Hall–Kier alpha value is 0.0900. The molecule has 1 saturated carbocycles. The van der Waals surface area contributed by atoms with E-state index in [-0.39, 0.29) is 10.8 Å². The van der Waals surface area contributed by atoms with Crippen LogP contribution in [0.15, 0.2) is 0 Å². The van der Waals surface area contributed by atoms with Gasteiger partial charge in [0.25, 0.3) is 0 Å². The lowest BCUT2D eigenvalue weighted by Gasteiger charge is -2.33. The summed E-state index contributed by atoms with van der Waals surface area (Å²) in [6.45, 7) is 9.18. The molecule has 70 valence electrons. The van der Waals surface area contributed by atoms with Gasteiger partial charge < -0.3 is 0 Å². The molecule has 0 heterocycles. The number of hydrogen-bond acceptors (Lipinski definition) is 1. The molecular weight excluding hydrogens is 164 g/mol. The van der Waals surface area contributed by atoms with Crippen LogP contribution in [0.1, 0.15) is 53.4 Å². The monoisotopic (exact) mass is 184 g/mol. The van der Waals surface area contributed by atoms with Gasteiger partial charge in [-0.05, 0) is 23.7 Å². The summed E-state index contributed by atoms with van der Waals surface area (Å²) < 4.78 is 0. The maximum absolute atomic E-state index is 5.56. The lowest BCUT2D eigenvalue weighted by atomic mass is 9.74. The van der Waals surface area contributed by atoms with Gasteiger partial charge in [0.1, 0.15) is 0 Å². The summed E-state index contributed by atoms with van der Waals surface area (Å²) in [5, 5.41) is 0. The lowest BCUT2D eigenvalue weighted by molar-refractivity contribution is 0.443. The first-order valence-corrected chi connectivity index (χ1v) is 5.32. The van der Waals surface area contributed by atoms with E-state index in [0.717, 1.165) is 0 Å². The zero-order valence-corrected chi connectivity index (χ0v) is 9.55. The highest BCUT2D eigenvalue weighted by atomic mass is 32.1. The van der Waals surface area contributed by atoms with E-state index in [9.17, 15) is 0 Å². The minimum Gasteiger partial charge on any atom is -0.0885 e. The summed E-state index contributed by atoms with van der Waals surface area (Å²) in [5.74, 6) is 0. The zero-order chi connectivity index (χ0) is 9.41. The lowest BCUT2D eigenvalue weighted by Crippen LogP contribution is -2.33. The molecule has 1 heteroatoms. The SMILES string of the molecule is CC1(C)CCCCC(C)(C)C1=S. The zero-order valence-electron chi connectivity index (χ0n) is 8.74. The molecule has 0 spiro atoms. The molecule has 0 aromatic heterocycles. The highest BCUT2D eigenvalue weighted by molar-refractivity contribution is 7.80. The molecule has 0 aliphatic heterocycles. The van der Waals surface area contributed by atoms with E-state index in [1.54, 1.807) is 0 Å². The standard InChI is InChI=1S/C11H20S/c1-10(2)7-5-6-8-11(3,4)9(10)12/h5-8H2,1-4H3. The van der Waals surface area contributed by atoms with Crippen molar-refractivity contribution in [3.8, 4) is 0 Å². The van der Waals surface area contributed by atoms with Crippen LogP contribution in [0.3, 0.4) is 0 Å². The van der Waals surface area contributed by atoms with Gasteiger partial charge in [-0.15, -0.1) is 0 Å². The molecule has 0 nitrogen and oxygen atoms in total. The summed E-state index contributed by atoms with van der Waals surface area (Å²) in [6, 6.07) is 0. The Kier molecular flexibility index (Phi) is 2.63. The number of thiocarbonyl (C=S) groups is 1. The summed E-state index contributed by atoms with van der Waals surface area (Å²) in [7, 11) is 0. The predicted molar refractivity (Wildman–Crippen MR) is 58.6 cm³/mol. The molecule has 0 unspecified atom stereocenters. The quantitative estimate of drug-likeness (QED) is 0.405. The van der Waals surface area contributed by atoms with Crippen LogP contribution in [0.2, 0.25) is 0 Å². The Morgan fingerprint density at radius 3 is 1.58 bits per heavy atom. The van der Waals surface area contributed by atoms with E-state index in [1.807, 2.05) is 0 Å². The fourth-order valence-corrected chi connectivity index (χ4v) is 2.48. The fraction of sp³-hybridized carbons (Fsp3) is 0.909. The largest absolute Gasteiger partial charge is 0.0885 e. The van der Waals surface area contributed by atoms with Crippen LogP contribution < -0.4 is 0 Å². The summed E-state index contributed by atoms with van der Waals surface area (Å²) in [6.07, 6.45) is 5.23. The molecule has 0 aromatic rings. The minimum atomic E-state index is 0.287. The second-order valence-corrected chi connectivity index (χ2v) is 5.71. The van der Waals surface area contributed by atoms with Crippen molar-refractivity contribution in [3.63, 3.8) is 0 Å². The van der Waals surface area contributed by atoms with Crippen LogP contribution in [-0.2, 0) is 0 Å². The first kappa shape index (κ1) is 10.2. The number of rotatable bonds is 0. The topological polar surface area (TPSA) is 0 Å². The summed E-state index contributed by atoms with van der Waals surface area (Å²) in [5.41, 5.74) is 0.574. The van der Waals surface area contributed by atoms with Gasteiger partial charge in [0.05, 0.1) is 0 Å². The minimum absolute atomic E-state index is 0.287. The fourth-order valence-electron chi connectivity index (χ4n) is 2.28. The average molecular weight is 184 g/mol. The van der Waals surface area contributed by atoms with Crippen LogP contribution in [0, 0.1) is 10.8 Å². The van der Waals surface area contributed by atoms with E-state index in [0.29, 0.717) is 0 Å². The Bertz CT molecular complexity index is 169. The van der Waals surface area contributed by atoms with Crippen LogP contribution in [0.4, 0.5) is 0 Å². The molecule has 1 aliphatic carbocycles. The maximum Gasteiger partial charge on any atom is 0.00409 e. The molecule has 1 rings (SSSR count). The predicted octanol–water partition coefficient (Wildman–Crippen LogP) is 3.98. The second-order valence-electron chi connectivity index (χ2n) is 5.30. The van der Waals surface area contributed by atoms with Crippen molar-refractivity contribution in [3.05, 3.63) is 0 Å². The van der Waals surface area contributed by atoms with Crippen molar-refractivity contribution in [2.45, 2.75) is 53.4 Å². The molecule has 0 atom stereocenters. The van der Waals surface area contributed by atoms with Crippen LogP contribution in [0.5, 0.6) is 0 Å². The maximum atomic E-state index is 5.56. The third-order valence-corrected chi connectivity index (χ3v) is 4.19. The van der Waals surface area contributed by atoms with Gasteiger partial charge in [-0.1, -0.05) is 52.8 Å². The van der Waals surface area contributed by atoms with Crippen molar-refractivity contribution in [2.24, 2.45) is 10.8 Å². The highest BCUT2D eigenvalue weighted by Crippen LogP contribution is 2.41. The van der Waals surface area contributed by atoms with Crippen LogP contribution >= 0.6 is 12.2 Å². The van der Waals surface area contributed by atoms with Gasteiger partial charge >= 0.3 is 0 Å². The Labute approximate surface area is 81.7 Å². The molecule has 12 heavy (non-hydrogen) atoms. The average Bonchev–Trinajstić information content (AvgIpc) is 2.02. The first-order valence-electron chi connectivity index (χ1n) is 4.91. The van der Waals surface area contributed by atoms with Crippen molar-refractivity contribution in [2.75, 3.05) is 0 Å². The van der Waals surface area contributed by atoms with Crippen LogP contribution in [-0.4, -0.2) is 4.86 Å². The Morgan fingerprint density at radius 1 is 0.917 bits per heavy atom. The van der Waals surface area contributed by atoms with E-state index in [2.05, 4.69) is 27.7 Å². The highest BCUT2D eigenvalue weighted by Gasteiger charge is 2.36. The van der Waals surface area contributed by atoms with E-state index >= 15 is 0 Å². The van der Waals surface area contributed by atoms with Gasteiger partial charge in [0.2, 0.25) is 0 Å². The second kappa shape index (κ2) is 3.10. The molecule has 0 bridgehead atoms. The van der Waals surface area contributed by atoms with Gasteiger partial charge in [-0.3, -0.25) is 0 Å². The van der Waals surface area contributed by atoms with Crippen molar-refractivity contribution in [1.82, 2.24) is 0 Å². The third-order valence-electron chi connectivity index (χ3n) is 3.08. The van der Waals surface area contributed by atoms with Gasteiger partial charge in [-0.2, -0.15) is 0 Å². The Morgan fingerprint density at radius 2 is 1.25 bits per heavy atom. The molecule has 1 fully saturated rings. The third kappa shape index (κ3) is 1.87. The summed E-state index contributed by atoms with van der Waals surface area (Å²) in [4.78, 5) is 1.28. The summed E-state index contributed by atoms with van der Waals surface area (Å²) >= 11 is 5.56. The molecule has 1 aliphatic rings. The molecule has 0 saturated heterocycles. The van der Waals surface area contributed by atoms with Crippen molar-refractivity contribution >= 4 is 17.1 Å². The normalized spacial score (nSPS) is 28.2. The smallest absolute Gasteiger partial charge is 0.00409 e. The van der Waals surface area contributed by atoms with Crippen molar-refractivity contribution in [1.29, 1.82) is 0 Å². The molecule has 0 radical (unpaired) electrons. The van der Waals surface area contributed by atoms with E-state index < -0.39 is 0 Å². The van der Waals surface area contributed by atoms with E-state index in [1.165, 1.54) is 30.5 Å². The van der Waals surface area contributed by atoms with Gasteiger partial charge in [0, 0.05) is 4.86 Å². The molecular formula is C11H20S. The number of hydrogen-bond donors (Lipinski definition) is 0. The van der Waals surface area contributed by atoms with Gasteiger partial charge in [-0.25, -0.2) is 0 Å². The molecule has 0 amide bonds. The van der Waals surface area contributed by atoms with E-state index in [4.69, 9.17) is 12.2 Å². The molecule has 0 N–H and O–H groups in total.